The summed E-state index contributed by atoms with van der Waals surface area (Å²) in [5.74, 6) is 0.515. The maximum Gasteiger partial charge on any atom is 0.233 e. The van der Waals surface area contributed by atoms with E-state index in [-0.39, 0.29) is 5.91 Å². The van der Waals surface area contributed by atoms with E-state index in [0.29, 0.717) is 32.1 Å². The van der Waals surface area contributed by atoms with Gasteiger partial charge >= 0.3 is 0 Å². The van der Waals surface area contributed by atoms with Crippen molar-refractivity contribution in [3.05, 3.63) is 41.5 Å². The van der Waals surface area contributed by atoms with Gasteiger partial charge in [-0.1, -0.05) is 29.5 Å². The number of carbonyl (C=O) groups excluding carboxylic acids is 1. The van der Waals surface area contributed by atoms with Crippen LogP contribution in [-0.4, -0.2) is 53.1 Å². The van der Waals surface area contributed by atoms with Gasteiger partial charge in [-0.25, -0.2) is 0 Å². The van der Waals surface area contributed by atoms with Gasteiger partial charge in [-0.05, 0) is 37.6 Å². The van der Waals surface area contributed by atoms with E-state index >= 15 is 0 Å². The van der Waals surface area contributed by atoms with Gasteiger partial charge in [0.05, 0.1) is 24.7 Å². The SMILES string of the molecule is Cc1ccc(C)c(-c2ccc(SCC(=O)N3CCOCC3)nn2)c1. The Morgan fingerprint density at radius 1 is 1.17 bits per heavy atom. The molecule has 0 N–H and O–H groups in total. The van der Waals surface area contributed by atoms with Gasteiger partial charge in [-0.2, -0.15) is 0 Å². The summed E-state index contributed by atoms with van der Waals surface area (Å²) in [5.41, 5.74) is 4.34. The largest absolute Gasteiger partial charge is 0.378 e. The average molecular weight is 343 g/mol. The first-order valence-corrected chi connectivity index (χ1v) is 9.02. The predicted octanol–water partition coefficient (Wildman–Crippen LogP) is 2.71. The predicted molar refractivity (Wildman–Crippen MR) is 95.1 cm³/mol. The summed E-state index contributed by atoms with van der Waals surface area (Å²) in [4.78, 5) is 14.0. The topological polar surface area (TPSA) is 55.3 Å². The summed E-state index contributed by atoms with van der Waals surface area (Å²) in [5, 5.41) is 9.36. The second-order valence-corrected chi connectivity index (χ2v) is 6.85. The molecule has 2 aromatic rings. The molecule has 6 heteroatoms. The number of benzene rings is 1. The lowest BCUT2D eigenvalue weighted by molar-refractivity contribution is -0.132. The molecule has 0 aliphatic carbocycles. The second kappa shape index (κ2) is 7.77. The van der Waals surface area contributed by atoms with Crippen molar-refractivity contribution in [2.45, 2.75) is 18.9 Å². The molecule has 126 valence electrons. The molecule has 1 aromatic carbocycles. The normalized spacial score (nSPS) is 14.7. The van der Waals surface area contributed by atoms with E-state index in [2.05, 4.69) is 42.2 Å². The monoisotopic (exact) mass is 343 g/mol. The van der Waals surface area contributed by atoms with E-state index in [0.717, 1.165) is 16.3 Å². The van der Waals surface area contributed by atoms with E-state index in [9.17, 15) is 4.79 Å². The maximum atomic E-state index is 12.1. The number of hydrogen-bond donors (Lipinski definition) is 0. The number of rotatable bonds is 4. The van der Waals surface area contributed by atoms with Gasteiger partial charge in [-0.15, -0.1) is 10.2 Å². The molecule has 0 saturated carbocycles. The molecule has 0 radical (unpaired) electrons. The van der Waals surface area contributed by atoms with Crippen LogP contribution in [-0.2, 0) is 9.53 Å². The Hall–Kier alpha value is -1.92. The third-order valence-electron chi connectivity index (χ3n) is 4.02. The summed E-state index contributed by atoms with van der Waals surface area (Å²) in [7, 11) is 0. The van der Waals surface area contributed by atoms with Crippen LogP contribution in [0.1, 0.15) is 11.1 Å². The van der Waals surface area contributed by atoms with E-state index in [1.165, 1.54) is 22.9 Å². The van der Waals surface area contributed by atoms with Crippen molar-refractivity contribution in [1.82, 2.24) is 15.1 Å². The highest BCUT2D eigenvalue weighted by atomic mass is 32.2. The Balaban J connectivity index is 1.62. The molecule has 0 unspecified atom stereocenters. The van der Waals surface area contributed by atoms with Crippen molar-refractivity contribution < 1.29 is 9.53 Å². The number of morpholine rings is 1. The first-order chi connectivity index (χ1) is 11.6. The third kappa shape index (κ3) is 4.13. The van der Waals surface area contributed by atoms with E-state index in [4.69, 9.17) is 4.74 Å². The van der Waals surface area contributed by atoms with Gasteiger partial charge in [0.2, 0.25) is 5.91 Å². The van der Waals surface area contributed by atoms with E-state index in [1.54, 1.807) is 0 Å². The molecule has 24 heavy (non-hydrogen) atoms. The van der Waals surface area contributed by atoms with Gasteiger partial charge in [0.1, 0.15) is 5.03 Å². The van der Waals surface area contributed by atoms with Crippen molar-refractivity contribution in [2.75, 3.05) is 32.1 Å². The molecule has 0 atom stereocenters. The van der Waals surface area contributed by atoms with Crippen LogP contribution in [0.25, 0.3) is 11.3 Å². The van der Waals surface area contributed by atoms with Gasteiger partial charge < -0.3 is 9.64 Å². The molecule has 1 fully saturated rings. The molecule has 1 saturated heterocycles. The molecule has 3 rings (SSSR count). The van der Waals surface area contributed by atoms with Crippen molar-refractivity contribution in [3.8, 4) is 11.3 Å². The fourth-order valence-corrected chi connectivity index (χ4v) is 3.31. The second-order valence-electron chi connectivity index (χ2n) is 5.86. The molecule has 5 nitrogen and oxygen atoms in total. The lowest BCUT2D eigenvalue weighted by Gasteiger charge is -2.26. The Labute approximate surface area is 146 Å². The minimum Gasteiger partial charge on any atom is -0.378 e. The van der Waals surface area contributed by atoms with Crippen molar-refractivity contribution >= 4 is 17.7 Å². The number of aromatic nitrogens is 2. The highest BCUT2D eigenvalue weighted by Crippen LogP contribution is 2.24. The lowest BCUT2D eigenvalue weighted by Crippen LogP contribution is -2.41. The van der Waals surface area contributed by atoms with E-state index < -0.39 is 0 Å². The number of aryl methyl sites for hydroxylation is 2. The Kier molecular flexibility index (Phi) is 5.48. The summed E-state index contributed by atoms with van der Waals surface area (Å²) in [6.45, 7) is 6.74. The number of nitrogens with zero attached hydrogens (tertiary/aromatic N) is 3. The molecule has 1 amide bonds. The highest BCUT2D eigenvalue weighted by molar-refractivity contribution is 7.99. The number of thioether (sulfide) groups is 1. The maximum absolute atomic E-state index is 12.1. The standard InChI is InChI=1S/C18H21N3O2S/c1-13-3-4-14(2)15(11-13)16-5-6-17(20-19-16)24-12-18(22)21-7-9-23-10-8-21/h3-6,11H,7-10,12H2,1-2H3. The highest BCUT2D eigenvalue weighted by Gasteiger charge is 2.17. The third-order valence-corrected chi connectivity index (χ3v) is 4.92. The first-order valence-electron chi connectivity index (χ1n) is 8.03. The fraction of sp³-hybridized carbons (Fsp3) is 0.389. The summed E-state index contributed by atoms with van der Waals surface area (Å²) in [6, 6.07) is 10.2. The zero-order chi connectivity index (χ0) is 16.9. The first kappa shape index (κ1) is 16.9. The molecular weight excluding hydrogens is 322 g/mol. The number of amides is 1. The molecule has 0 bridgehead atoms. The van der Waals surface area contributed by atoms with E-state index in [1.807, 2.05) is 17.0 Å². The molecule has 1 aliphatic heterocycles. The van der Waals surface area contributed by atoms with Crippen LogP contribution < -0.4 is 0 Å². The molecular formula is C18H21N3O2S. The zero-order valence-corrected chi connectivity index (χ0v) is 14.8. The van der Waals surface area contributed by atoms with Gasteiger partial charge in [0.15, 0.2) is 0 Å². The average Bonchev–Trinajstić information content (AvgIpc) is 2.63. The van der Waals surface area contributed by atoms with Crippen LogP contribution in [0, 0.1) is 13.8 Å². The Bertz CT molecular complexity index is 713. The van der Waals surface area contributed by atoms with Crippen molar-refractivity contribution in [1.29, 1.82) is 0 Å². The molecule has 0 spiro atoms. The number of ether oxygens (including phenoxy) is 1. The number of hydrogen-bond acceptors (Lipinski definition) is 5. The molecule has 2 heterocycles. The fourth-order valence-electron chi connectivity index (χ4n) is 2.59. The smallest absolute Gasteiger partial charge is 0.233 e. The number of carbonyl (C=O) groups is 1. The minimum atomic E-state index is 0.128. The Morgan fingerprint density at radius 3 is 2.67 bits per heavy atom. The molecule has 1 aromatic heterocycles. The summed E-state index contributed by atoms with van der Waals surface area (Å²) < 4.78 is 5.26. The summed E-state index contributed by atoms with van der Waals surface area (Å²) >= 11 is 1.43. The lowest BCUT2D eigenvalue weighted by atomic mass is 10.0. The minimum absolute atomic E-state index is 0.128. The van der Waals surface area contributed by atoms with Gasteiger partial charge in [0.25, 0.3) is 0 Å². The zero-order valence-electron chi connectivity index (χ0n) is 14.0. The molecule has 1 aliphatic rings. The van der Waals surface area contributed by atoms with Crippen LogP contribution in [0.4, 0.5) is 0 Å². The van der Waals surface area contributed by atoms with Crippen molar-refractivity contribution in [2.24, 2.45) is 0 Å². The van der Waals surface area contributed by atoms with Crippen molar-refractivity contribution in [3.63, 3.8) is 0 Å². The van der Waals surface area contributed by atoms with Crippen LogP contribution in [0.2, 0.25) is 0 Å². The Morgan fingerprint density at radius 2 is 1.96 bits per heavy atom. The van der Waals surface area contributed by atoms with Crippen LogP contribution in [0.5, 0.6) is 0 Å². The van der Waals surface area contributed by atoms with Gasteiger partial charge in [0, 0.05) is 18.7 Å². The van der Waals surface area contributed by atoms with Crippen LogP contribution in [0.3, 0.4) is 0 Å². The van der Waals surface area contributed by atoms with Gasteiger partial charge in [-0.3, -0.25) is 4.79 Å². The van der Waals surface area contributed by atoms with Crippen LogP contribution >= 0.6 is 11.8 Å². The quantitative estimate of drug-likeness (QED) is 0.799. The summed E-state index contributed by atoms with van der Waals surface area (Å²) in [6.07, 6.45) is 0. The van der Waals surface area contributed by atoms with Crippen LogP contribution in [0.15, 0.2) is 35.4 Å².